The van der Waals surface area contributed by atoms with Crippen molar-refractivity contribution in [3.63, 3.8) is 0 Å². The fraction of sp³-hybridized carbons (Fsp3) is 0.286. The molecule has 124 valence electrons. The van der Waals surface area contributed by atoms with Gasteiger partial charge in [-0.05, 0) is 12.1 Å². The number of carbonyl (C=O) groups is 1. The highest BCUT2D eigenvalue weighted by atomic mass is 19.4. The van der Waals surface area contributed by atoms with Gasteiger partial charge in [-0.1, -0.05) is 12.1 Å². The lowest BCUT2D eigenvalue weighted by molar-refractivity contribution is -0.207. The predicted octanol–water partition coefficient (Wildman–Crippen LogP) is 1.34. The Bertz CT molecular complexity index is 685. The van der Waals surface area contributed by atoms with Crippen molar-refractivity contribution in [2.45, 2.75) is 18.8 Å². The number of alkyl halides is 3. The van der Waals surface area contributed by atoms with Gasteiger partial charge in [-0.2, -0.15) is 13.2 Å². The van der Waals surface area contributed by atoms with Crippen molar-refractivity contribution < 1.29 is 27.8 Å². The van der Waals surface area contributed by atoms with E-state index in [1.165, 1.54) is 23.0 Å². The first-order valence-corrected chi connectivity index (χ1v) is 6.55. The molecule has 6 nitrogen and oxygen atoms in total. The summed E-state index contributed by atoms with van der Waals surface area (Å²) in [6, 6.07) is 6.31. The lowest BCUT2D eigenvalue weighted by atomic mass is 10.2. The quantitative estimate of drug-likeness (QED) is 0.837. The highest BCUT2D eigenvalue weighted by molar-refractivity contribution is 5.75. The number of carbonyl (C=O) groups excluding carboxylic acids is 1. The van der Waals surface area contributed by atoms with Crippen LogP contribution in [0.3, 0.4) is 0 Å². The van der Waals surface area contributed by atoms with Crippen molar-refractivity contribution in [1.82, 2.24) is 9.55 Å². The summed E-state index contributed by atoms with van der Waals surface area (Å²) in [5.41, 5.74) is 5.46. The molecular weight excluding hydrogens is 315 g/mol. The van der Waals surface area contributed by atoms with Crippen LogP contribution in [0.5, 0.6) is 5.75 Å². The third-order valence-electron chi connectivity index (χ3n) is 2.94. The number of aliphatic hydroxyl groups excluding tert-OH is 1. The van der Waals surface area contributed by atoms with Gasteiger partial charge >= 0.3 is 6.18 Å². The second kappa shape index (κ2) is 6.69. The number of imidazole rings is 1. The number of ether oxygens (including phenoxy) is 1. The summed E-state index contributed by atoms with van der Waals surface area (Å²) in [5, 5.41) is 9.18. The van der Waals surface area contributed by atoms with Crippen LogP contribution in [0.25, 0.3) is 11.4 Å². The number of amides is 1. The highest BCUT2D eigenvalue weighted by Crippen LogP contribution is 2.26. The molecule has 0 saturated carbocycles. The molecule has 1 aromatic heterocycles. The lowest BCUT2D eigenvalue weighted by Gasteiger charge is -2.16. The molecule has 0 spiro atoms. The molecule has 1 amide bonds. The molecule has 1 atom stereocenters. The van der Waals surface area contributed by atoms with Crippen LogP contribution < -0.4 is 10.5 Å². The second-order valence-corrected chi connectivity index (χ2v) is 4.74. The van der Waals surface area contributed by atoms with Crippen LogP contribution in [0.4, 0.5) is 13.2 Å². The number of primary amides is 1. The highest BCUT2D eigenvalue weighted by Gasteiger charge is 2.38. The van der Waals surface area contributed by atoms with Gasteiger partial charge in [0.2, 0.25) is 0 Å². The normalized spacial score (nSPS) is 12.9. The summed E-state index contributed by atoms with van der Waals surface area (Å²) in [6.45, 7) is -0.990. The summed E-state index contributed by atoms with van der Waals surface area (Å²) >= 11 is 0. The third kappa shape index (κ3) is 4.46. The summed E-state index contributed by atoms with van der Waals surface area (Å²) < 4.78 is 43.7. The van der Waals surface area contributed by atoms with Gasteiger partial charge in [0.1, 0.15) is 11.6 Å². The standard InChI is InChI=1S/C14H14F3N3O3/c15-14(16,17)11(21)7-20-5-4-19-13(20)9-2-1-3-10(6-9)23-8-12(18)22/h1-6,11,21H,7-8H2,(H2,18,22). The summed E-state index contributed by atoms with van der Waals surface area (Å²) in [5.74, 6) is -0.0877. The van der Waals surface area contributed by atoms with Crippen LogP contribution in [0.15, 0.2) is 36.7 Å². The van der Waals surface area contributed by atoms with E-state index >= 15 is 0 Å². The van der Waals surface area contributed by atoms with Crippen LogP contribution >= 0.6 is 0 Å². The van der Waals surface area contributed by atoms with Crippen LogP contribution in [-0.2, 0) is 11.3 Å². The van der Waals surface area contributed by atoms with Gasteiger partial charge in [0.15, 0.2) is 12.7 Å². The fourth-order valence-corrected chi connectivity index (χ4v) is 1.89. The molecule has 0 bridgehead atoms. The Morgan fingerprint density at radius 3 is 2.83 bits per heavy atom. The molecule has 1 unspecified atom stereocenters. The van der Waals surface area contributed by atoms with Crippen LogP contribution in [-0.4, -0.2) is 39.5 Å². The Morgan fingerprint density at radius 2 is 2.17 bits per heavy atom. The Kier molecular flexibility index (Phi) is 4.89. The predicted molar refractivity (Wildman–Crippen MR) is 74.4 cm³/mol. The van der Waals surface area contributed by atoms with E-state index in [4.69, 9.17) is 10.5 Å². The average molecular weight is 329 g/mol. The zero-order chi connectivity index (χ0) is 17.0. The minimum Gasteiger partial charge on any atom is -0.484 e. The topological polar surface area (TPSA) is 90.4 Å². The van der Waals surface area contributed by atoms with Crippen molar-refractivity contribution in [3.8, 4) is 17.1 Å². The van der Waals surface area contributed by atoms with E-state index < -0.39 is 24.7 Å². The third-order valence-corrected chi connectivity index (χ3v) is 2.94. The maximum Gasteiger partial charge on any atom is 0.416 e. The number of nitrogens with two attached hydrogens (primary N) is 1. The number of hydrogen-bond acceptors (Lipinski definition) is 4. The van der Waals surface area contributed by atoms with Crippen LogP contribution in [0.1, 0.15) is 0 Å². The molecule has 0 fully saturated rings. The molecule has 0 aliphatic carbocycles. The zero-order valence-electron chi connectivity index (χ0n) is 11.8. The van der Waals surface area contributed by atoms with E-state index in [0.29, 0.717) is 11.3 Å². The van der Waals surface area contributed by atoms with Crippen LogP contribution in [0, 0.1) is 0 Å². The van der Waals surface area contributed by atoms with E-state index in [-0.39, 0.29) is 12.4 Å². The minimum atomic E-state index is -4.71. The number of aromatic nitrogens is 2. The van der Waals surface area contributed by atoms with Gasteiger partial charge in [0, 0.05) is 18.0 Å². The van der Waals surface area contributed by atoms with Gasteiger partial charge in [-0.25, -0.2) is 4.98 Å². The summed E-state index contributed by atoms with van der Waals surface area (Å²) in [4.78, 5) is 14.7. The molecule has 3 N–H and O–H groups in total. The SMILES string of the molecule is NC(=O)COc1cccc(-c2nccn2CC(O)C(F)(F)F)c1. The molecule has 9 heteroatoms. The zero-order valence-corrected chi connectivity index (χ0v) is 11.8. The first-order valence-electron chi connectivity index (χ1n) is 6.55. The molecule has 0 saturated heterocycles. The minimum absolute atomic E-state index is 0.234. The molecule has 1 heterocycles. The Morgan fingerprint density at radius 1 is 1.43 bits per heavy atom. The van der Waals surface area contributed by atoms with E-state index in [1.807, 2.05) is 0 Å². The number of benzene rings is 1. The van der Waals surface area contributed by atoms with Crippen molar-refractivity contribution in [3.05, 3.63) is 36.7 Å². The van der Waals surface area contributed by atoms with Crippen molar-refractivity contribution >= 4 is 5.91 Å². The largest absolute Gasteiger partial charge is 0.484 e. The first-order chi connectivity index (χ1) is 10.8. The first kappa shape index (κ1) is 16.8. The van der Waals surface area contributed by atoms with Gasteiger partial charge in [-0.15, -0.1) is 0 Å². The lowest BCUT2D eigenvalue weighted by Crippen LogP contribution is -2.32. The Balaban J connectivity index is 2.21. The summed E-state index contributed by atoms with van der Waals surface area (Å²) in [6.07, 6.45) is -4.55. The Hall–Kier alpha value is -2.55. The number of halogens is 3. The molecule has 2 aromatic rings. The number of aliphatic hydroxyl groups is 1. The number of rotatable bonds is 6. The van der Waals surface area contributed by atoms with Crippen LogP contribution in [0.2, 0.25) is 0 Å². The Labute approximate surface area is 129 Å². The number of hydrogen-bond donors (Lipinski definition) is 2. The molecule has 0 aliphatic rings. The molecule has 2 rings (SSSR count). The monoisotopic (exact) mass is 329 g/mol. The summed E-state index contributed by atoms with van der Waals surface area (Å²) in [7, 11) is 0. The van der Waals surface area contributed by atoms with E-state index in [2.05, 4.69) is 4.98 Å². The van der Waals surface area contributed by atoms with Crippen molar-refractivity contribution in [1.29, 1.82) is 0 Å². The fourth-order valence-electron chi connectivity index (χ4n) is 1.89. The van der Waals surface area contributed by atoms with Crippen molar-refractivity contribution in [2.75, 3.05) is 6.61 Å². The molecule has 0 aliphatic heterocycles. The smallest absolute Gasteiger partial charge is 0.416 e. The van der Waals surface area contributed by atoms with E-state index in [1.54, 1.807) is 18.2 Å². The molecular formula is C14H14F3N3O3. The van der Waals surface area contributed by atoms with Gasteiger partial charge in [0.05, 0.1) is 6.54 Å². The second-order valence-electron chi connectivity index (χ2n) is 4.74. The molecule has 23 heavy (non-hydrogen) atoms. The maximum atomic E-state index is 12.5. The maximum absolute atomic E-state index is 12.5. The van der Waals surface area contributed by atoms with E-state index in [0.717, 1.165) is 0 Å². The number of nitrogens with zero attached hydrogens (tertiary/aromatic N) is 2. The molecule has 0 radical (unpaired) electrons. The van der Waals surface area contributed by atoms with Crippen molar-refractivity contribution in [2.24, 2.45) is 5.73 Å². The van der Waals surface area contributed by atoms with Gasteiger partial charge in [-0.3, -0.25) is 4.79 Å². The van der Waals surface area contributed by atoms with Gasteiger partial charge < -0.3 is 20.1 Å². The van der Waals surface area contributed by atoms with Gasteiger partial charge in [0.25, 0.3) is 5.91 Å². The average Bonchev–Trinajstić information content (AvgIpc) is 2.92. The molecule has 1 aromatic carbocycles. The van der Waals surface area contributed by atoms with E-state index in [9.17, 15) is 23.1 Å².